The summed E-state index contributed by atoms with van der Waals surface area (Å²) in [7, 11) is 0. The third kappa shape index (κ3) is 2.79. The Hall–Kier alpha value is -1.37. The van der Waals surface area contributed by atoms with Crippen molar-refractivity contribution >= 4 is 0 Å². The molecule has 1 spiro atoms. The molecular weight excluding hydrogens is 307 g/mol. The highest BCUT2D eigenvalue weighted by molar-refractivity contribution is 5.22. The summed E-state index contributed by atoms with van der Waals surface area (Å²) in [6, 6.07) is 0.962. The Balaban J connectivity index is 1.63. The lowest BCUT2D eigenvalue weighted by atomic mass is 9.92. The van der Waals surface area contributed by atoms with Gasteiger partial charge in [0.2, 0.25) is 0 Å². The summed E-state index contributed by atoms with van der Waals surface area (Å²) in [5, 5.41) is 7.56. The van der Waals surface area contributed by atoms with E-state index in [9.17, 15) is 18.0 Å². The molecule has 1 aromatic rings. The van der Waals surface area contributed by atoms with Crippen molar-refractivity contribution in [1.82, 2.24) is 15.1 Å². The van der Waals surface area contributed by atoms with Gasteiger partial charge in [0.15, 0.2) is 0 Å². The molecule has 23 heavy (non-hydrogen) atoms. The van der Waals surface area contributed by atoms with Gasteiger partial charge in [0.1, 0.15) is 5.56 Å². The molecule has 1 unspecified atom stereocenters. The molecule has 1 atom stereocenters. The molecule has 2 saturated carbocycles. The molecule has 2 aliphatic carbocycles. The number of aromatic nitrogens is 2. The number of piperidine rings is 1. The van der Waals surface area contributed by atoms with Crippen LogP contribution in [0.5, 0.6) is 0 Å². The highest BCUT2D eigenvalue weighted by Gasteiger charge is 2.54. The van der Waals surface area contributed by atoms with E-state index in [1.54, 1.807) is 0 Å². The Kier molecular flexibility index (Phi) is 3.34. The maximum absolute atomic E-state index is 13.1. The van der Waals surface area contributed by atoms with Crippen LogP contribution in [0.2, 0.25) is 0 Å². The SMILES string of the molecule is O=c1c(C(F)(F)F)cc(C2CC2)nn1CC1CC12CCNCC2. The fraction of sp³-hybridized carbons (Fsp3) is 0.750. The van der Waals surface area contributed by atoms with Gasteiger partial charge in [-0.25, -0.2) is 4.68 Å². The van der Waals surface area contributed by atoms with Gasteiger partial charge in [-0.15, -0.1) is 0 Å². The highest BCUT2D eigenvalue weighted by atomic mass is 19.4. The smallest absolute Gasteiger partial charge is 0.317 e. The van der Waals surface area contributed by atoms with Crippen LogP contribution in [-0.4, -0.2) is 22.9 Å². The minimum atomic E-state index is -4.61. The van der Waals surface area contributed by atoms with Gasteiger partial charge in [-0.1, -0.05) is 0 Å². The van der Waals surface area contributed by atoms with Crippen LogP contribution in [0.3, 0.4) is 0 Å². The topological polar surface area (TPSA) is 46.9 Å². The van der Waals surface area contributed by atoms with Crippen molar-refractivity contribution in [2.24, 2.45) is 11.3 Å². The normalized spacial score (nSPS) is 26.5. The van der Waals surface area contributed by atoms with Crippen LogP contribution in [0, 0.1) is 11.3 Å². The van der Waals surface area contributed by atoms with Crippen LogP contribution >= 0.6 is 0 Å². The summed E-state index contributed by atoms with van der Waals surface area (Å²) >= 11 is 0. The first-order chi connectivity index (χ1) is 10.9. The highest BCUT2D eigenvalue weighted by Crippen LogP contribution is 2.59. The molecular formula is C16H20F3N3O. The minimum absolute atomic E-state index is 0.0926. The molecule has 7 heteroatoms. The number of hydrogen-bond acceptors (Lipinski definition) is 3. The van der Waals surface area contributed by atoms with Crippen molar-refractivity contribution in [2.75, 3.05) is 13.1 Å². The van der Waals surface area contributed by atoms with Crippen LogP contribution < -0.4 is 10.9 Å². The van der Waals surface area contributed by atoms with Crippen molar-refractivity contribution in [3.8, 4) is 0 Å². The molecule has 2 heterocycles. The van der Waals surface area contributed by atoms with E-state index in [-0.39, 0.29) is 17.3 Å². The molecule has 4 rings (SSSR count). The Bertz CT molecular complexity index is 672. The molecule has 1 saturated heterocycles. The second-order valence-corrected chi connectivity index (χ2v) is 7.26. The number of nitrogens with zero attached hydrogens (tertiary/aromatic N) is 2. The van der Waals surface area contributed by atoms with Crippen LogP contribution in [0.4, 0.5) is 13.2 Å². The Morgan fingerprint density at radius 3 is 2.61 bits per heavy atom. The van der Waals surface area contributed by atoms with Gasteiger partial charge in [-0.2, -0.15) is 18.3 Å². The fourth-order valence-electron chi connectivity index (χ4n) is 3.90. The molecule has 1 aliphatic heterocycles. The van der Waals surface area contributed by atoms with Gasteiger partial charge in [0.25, 0.3) is 5.56 Å². The summed E-state index contributed by atoms with van der Waals surface area (Å²) in [4.78, 5) is 12.2. The molecule has 126 valence electrons. The molecule has 1 N–H and O–H groups in total. The Morgan fingerprint density at radius 2 is 2.00 bits per heavy atom. The maximum Gasteiger partial charge on any atom is 0.421 e. The van der Waals surface area contributed by atoms with E-state index in [1.165, 1.54) is 0 Å². The number of alkyl halides is 3. The van der Waals surface area contributed by atoms with Crippen LogP contribution in [-0.2, 0) is 12.7 Å². The van der Waals surface area contributed by atoms with Crippen LogP contribution in [0.1, 0.15) is 49.3 Å². The summed E-state index contributed by atoms with van der Waals surface area (Å²) in [6.07, 6.45) is 0.198. The van der Waals surface area contributed by atoms with Gasteiger partial charge >= 0.3 is 6.18 Å². The molecule has 0 aromatic carbocycles. The monoisotopic (exact) mass is 327 g/mol. The number of hydrogen-bond donors (Lipinski definition) is 1. The Labute approximate surface area is 132 Å². The molecule has 0 amide bonds. The zero-order chi connectivity index (χ0) is 16.2. The average molecular weight is 327 g/mol. The molecule has 1 aromatic heterocycles. The maximum atomic E-state index is 13.1. The first-order valence-electron chi connectivity index (χ1n) is 8.29. The standard InChI is InChI=1S/C16H20F3N3O/c17-16(18,19)12-7-13(10-1-2-10)21-22(14(12)23)9-11-8-15(11)3-5-20-6-4-15/h7,10-11,20H,1-6,8-9H2. The fourth-order valence-corrected chi connectivity index (χ4v) is 3.90. The number of halogens is 3. The van der Waals surface area contributed by atoms with E-state index in [0.29, 0.717) is 12.2 Å². The van der Waals surface area contributed by atoms with E-state index in [1.807, 2.05) is 0 Å². The summed E-state index contributed by atoms with van der Waals surface area (Å²) < 4.78 is 40.5. The third-order valence-corrected chi connectivity index (χ3v) is 5.65. The quantitative estimate of drug-likeness (QED) is 0.928. The number of nitrogens with one attached hydrogen (secondary N) is 1. The lowest BCUT2D eigenvalue weighted by molar-refractivity contribution is -0.139. The molecule has 3 fully saturated rings. The second-order valence-electron chi connectivity index (χ2n) is 7.26. The van der Waals surface area contributed by atoms with Gasteiger partial charge in [-0.3, -0.25) is 4.79 Å². The molecule has 0 bridgehead atoms. The Morgan fingerprint density at radius 1 is 1.30 bits per heavy atom. The first-order valence-corrected chi connectivity index (χ1v) is 8.29. The second kappa shape index (κ2) is 5.06. The van der Waals surface area contributed by atoms with Gasteiger partial charge in [0.05, 0.1) is 5.69 Å². The summed E-state index contributed by atoms with van der Waals surface area (Å²) in [5.41, 5.74) is -1.40. The van der Waals surface area contributed by atoms with Crippen molar-refractivity contribution in [3.63, 3.8) is 0 Å². The zero-order valence-corrected chi connectivity index (χ0v) is 12.8. The van der Waals surface area contributed by atoms with Crippen LogP contribution in [0.25, 0.3) is 0 Å². The minimum Gasteiger partial charge on any atom is -0.317 e. The average Bonchev–Trinajstić information content (AvgIpc) is 3.39. The third-order valence-electron chi connectivity index (χ3n) is 5.65. The van der Waals surface area contributed by atoms with E-state index < -0.39 is 17.3 Å². The van der Waals surface area contributed by atoms with Gasteiger partial charge in [-0.05, 0) is 62.6 Å². The number of rotatable bonds is 3. The van der Waals surface area contributed by atoms with Gasteiger partial charge < -0.3 is 5.32 Å². The lowest BCUT2D eigenvalue weighted by Gasteiger charge is -2.23. The predicted octanol–water partition coefficient (Wildman–Crippen LogP) is 2.53. The van der Waals surface area contributed by atoms with Crippen molar-refractivity contribution in [1.29, 1.82) is 0 Å². The van der Waals surface area contributed by atoms with E-state index in [2.05, 4.69) is 10.4 Å². The predicted molar refractivity (Wildman–Crippen MR) is 78.1 cm³/mol. The van der Waals surface area contributed by atoms with Crippen molar-refractivity contribution in [3.05, 3.63) is 27.7 Å². The van der Waals surface area contributed by atoms with Gasteiger partial charge in [0, 0.05) is 12.5 Å². The summed E-state index contributed by atoms with van der Waals surface area (Å²) in [6.45, 7) is 2.23. The van der Waals surface area contributed by atoms with Crippen molar-refractivity contribution < 1.29 is 13.2 Å². The molecule has 4 nitrogen and oxygen atoms in total. The summed E-state index contributed by atoms with van der Waals surface area (Å²) in [5.74, 6) is 0.375. The first kappa shape index (κ1) is 15.2. The van der Waals surface area contributed by atoms with Crippen molar-refractivity contribution in [2.45, 2.75) is 50.7 Å². The van der Waals surface area contributed by atoms with E-state index in [0.717, 1.165) is 55.9 Å². The van der Waals surface area contributed by atoms with Crippen LogP contribution in [0.15, 0.2) is 10.9 Å². The lowest BCUT2D eigenvalue weighted by Crippen LogP contribution is -2.34. The van der Waals surface area contributed by atoms with E-state index >= 15 is 0 Å². The zero-order valence-electron chi connectivity index (χ0n) is 12.8. The molecule has 0 radical (unpaired) electrons. The molecule has 3 aliphatic rings. The largest absolute Gasteiger partial charge is 0.421 e. The van der Waals surface area contributed by atoms with E-state index in [4.69, 9.17) is 0 Å².